The predicted molar refractivity (Wildman–Crippen MR) is 55.7 cm³/mol. The summed E-state index contributed by atoms with van der Waals surface area (Å²) in [4.78, 5) is 32.8. The fourth-order valence-electron chi connectivity index (χ4n) is 1.83. The van der Waals surface area contributed by atoms with E-state index in [0.717, 1.165) is 12.1 Å². The fourth-order valence-corrected chi connectivity index (χ4v) is 1.83. The minimum absolute atomic E-state index is 0.0207. The van der Waals surface area contributed by atoms with Gasteiger partial charge in [-0.2, -0.15) is 0 Å². The summed E-state index contributed by atoms with van der Waals surface area (Å²) in [6.45, 7) is 0. The highest BCUT2D eigenvalue weighted by Crippen LogP contribution is 2.43. The molecular weight excluding hydrogens is 244 g/mol. The number of hydrogen-bond acceptors (Lipinski definition) is 5. The Bertz CT molecular complexity index is 561. The summed E-state index contributed by atoms with van der Waals surface area (Å²) in [5.41, 5.74) is -0.220. The van der Waals surface area contributed by atoms with E-state index in [1.165, 1.54) is 0 Å². The molecule has 0 bridgehead atoms. The second kappa shape index (κ2) is 4.02. The number of ether oxygens (including phenoxy) is 1. The number of carbonyl (C=O) groups is 3. The van der Waals surface area contributed by atoms with Gasteiger partial charge in [-0.05, 0) is 12.1 Å². The van der Waals surface area contributed by atoms with Crippen molar-refractivity contribution in [3.05, 3.63) is 23.3 Å². The molecule has 0 spiro atoms. The van der Waals surface area contributed by atoms with E-state index in [-0.39, 0.29) is 16.9 Å². The molecular formula is C11H8O7. The first kappa shape index (κ1) is 11.9. The van der Waals surface area contributed by atoms with E-state index in [1.54, 1.807) is 0 Å². The van der Waals surface area contributed by atoms with Crippen LogP contribution in [0.1, 0.15) is 28.3 Å². The lowest BCUT2D eigenvalue weighted by Gasteiger charge is -2.06. The molecule has 0 fully saturated rings. The van der Waals surface area contributed by atoms with Gasteiger partial charge in [0.25, 0.3) is 0 Å². The average Bonchev–Trinajstić information content (AvgIpc) is 2.54. The van der Waals surface area contributed by atoms with Gasteiger partial charge in [0.15, 0.2) is 0 Å². The first-order valence-electron chi connectivity index (χ1n) is 4.94. The van der Waals surface area contributed by atoms with Gasteiger partial charge in [-0.1, -0.05) is 0 Å². The van der Waals surface area contributed by atoms with Crippen LogP contribution in [-0.2, 0) is 9.59 Å². The average molecular weight is 252 g/mol. The number of carboxylic acid groups (broad SMARTS) is 2. The molecule has 0 aliphatic carbocycles. The highest BCUT2D eigenvalue weighted by atomic mass is 16.5. The van der Waals surface area contributed by atoms with Crippen LogP contribution in [0.4, 0.5) is 0 Å². The minimum atomic E-state index is -1.29. The molecule has 0 amide bonds. The van der Waals surface area contributed by atoms with Crippen molar-refractivity contribution >= 4 is 17.9 Å². The molecule has 2 rings (SSSR count). The zero-order chi connectivity index (χ0) is 13.4. The Morgan fingerprint density at radius 2 is 1.94 bits per heavy atom. The van der Waals surface area contributed by atoms with Gasteiger partial charge in [0.1, 0.15) is 17.4 Å². The number of aromatic hydroxyl groups is 1. The molecule has 7 heteroatoms. The van der Waals surface area contributed by atoms with E-state index >= 15 is 0 Å². The number of carbonyl (C=O) groups excluding carboxylic acids is 1. The lowest BCUT2D eigenvalue weighted by atomic mass is 9.95. The van der Waals surface area contributed by atoms with Gasteiger partial charge in [0.05, 0.1) is 17.5 Å². The summed E-state index contributed by atoms with van der Waals surface area (Å²) in [6, 6.07) is 2.04. The fraction of sp³-hybridized carbons (Fsp3) is 0.182. The number of rotatable bonds is 3. The molecule has 0 saturated carbocycles. The molecule has 0 saturated heterocycles. The van der Waals surface area contributed by atoms with Gasteiger partial charge in [0, 0.05) is 0 Å². The van der Waals surface area contributed by atoms with Crippen molar-refractivity contribution < 1.29 is 34.4 Å². The molecule has 7 nitrogen and oxygen atoms in total. The Balaban J connectivity index is 2.50. The van der Waals surface area contributed by atoms with Crippen molar-refractivity contribution in [2.75, 3.05) is 0 Å². The molecule has 0 radical (unpaired) electrons. The second-order valence-electron chi connectivity index (χ2n) is 3.78. The summed E-state index contributed by atoms with van der Waals surface area (Å²) in [7, 11) is 0. The van der Waals surface area contributed by atoms with Gasteiger partial charge in [-0.15, -0.1) is 0 Å². The zero-order valence-electron chi connectivity index (χ0n) is 8.91. The third kappa shape index (κ3) is 1.86. The van der Waals surface area contributed by atoms with Gasteiger partial charge < -0.3 is 20.1 Å². The van der Waals surface area contributed by atoms with Crippen LogP contribution >= 0.6 is 0 Å². The van der Waals surface area contributed by atoms with Crippen molar-refractivity contribution in [3.63, 3.8) is 0 Å². The highest BCUT2D eigenvalue weighted by Gasteiger charge is 2.38. The van der Waals surface area contributed by atoms with Crippen LogP contribution in [0.5, 0.6) is 11.5 Å². The van der Waals surface area contributed by atoms with Crippen molar-refractivity contribution in [2.24, 2.45) is 0 Å². The topological polar surface area (TPSA) is 121 Å². The number of hydrogen-bond donors (Lipinski definition) is 3. The summed E-state index contributed by atoms with van der Waals surface area (Å²) >= 11 is 0. The van der Waals surface area contributed by atoms with Crippen LogP contribution in [0.2, 0.25) is 0 Å². The maximum atomic E-state index is 11.5. The minimum Gasteiger partial charge on any atom is -0.507 e. The van der Waals surface area contributed by atoms with E-state index in [1.807, 2.05) is 0 Å². The lowest BCUT2D eigenvalue weighted by molar-refractivity contribution is -0.142. The molecule has 1 aliphatic heterocycles. The molecule has 1 heterocycles. The molecule has 3 N–H and O–H groups in total. The summed E-state index contributed by atoms with van der Waals surface area (Å²) < 4.78 is 4.77. The van der Waals surface area contributed by atoms with Crippen molar-refractivity contribution in [1.29, 1.82) is 0 Å². The number of phenols is 1. The van der Waals surface area contributed by atoms with Crippen LogP contribution in [0, 0.1) is 0 Å². The van der Waals surface area contributed by atoms with Crippen LogP contribution in [0.3, 0.4) is 0 Å². The van der Waals surface area contributed by atoms with E-state index in [2.05, 4.69) is 0 Å². The third-order valence-electron chi connectivity index (χ3n) is 2.59. The third-order valence-corrected chi connectivity index (χ3v) is 2.59. The standard InChI is InChI=1S/C11H8O7/c12-6-1-4(10(15)16)2-7-9(6)5(3-8(13)14)11(17)18-7/h1-2,5,12H,3H2,(H,13,14)(H,15,16). The Hall–Kier alpha value is -2.57. The zero-order valence-corrected chi connectivity index (χ0v) is 8.91. The largest absolute Gasteiger partial charge is 0.507 e. The van der Waals surface area contributed by atoms with E-state index in [4.69, 9.17) is 14.9 Å². The Morgan fingerprint density at radius 1 is 1.28 bits per heavy atom. The summed E-state index contributed by atoms with van der Waals surface area (Å²) in [5, 5.41) is 27.1. The van der Waals surface area contributed by atoms with Crippen molar-refractivity contribution in [1.82, 2.24) is 0 Å². The van der Waals surface area contributed by atoms with Crippen molar-refractivity contribution in [3.8, 4) is 11.5 Å². The number of aromatic carboxylic acids is 1. The highest BCUT2D eigenvalue weighted by molar-refractivity contribution is 5.94. The van der Waals surface area contributed by atoms with Gasteiger partial charge in [0.2, 0.25) is 0 Å². The molecule has 1 unspecified atom stereocenters. The number of aliphatic carboxylic acids is 1. The molecule has 1 atom stereocenters. The molecule has 1 aromatic rings. The quantitative estimate of drug-likeness (QED) is 0.531. The van der Waals surface area contributed by atoms with Gasteiger partial charge in [-0.25, -0.2) is 4.79 Å². The molecule has 18 heavy (non-hydrogen) atoms. The number of esters is 1. The van der Waals surface area contributed by atoms with Crippen LogP contribution in [0.25, 0.3) is 0 Å². The SMILES string of the molecule is O=C(O)CC1C(=O)Oc2cc(C(=O)O)cc(O)c21. The maximum absolute atomic E-state index is 11.5. The maximum Gasteiger partial charge on any atom is 0.335 e. The van der Waals surface area contributed by atoms with Crippen molar-refractivity contribution in [2.45, 2.75) is 12.3 Å². The number of fused-ring (bicyclic) bond motifs is 1. The number of phenolic OH excluding ortho intramolecular Hbond substituents is 1. The van der Waals surface area contributed by atoms with Crippen LogP contribution < -0.4 is 4.74 Å². The Morgan fingerprint density at radius 3 is 2.50 bits per heavy atom. The first-order chi connectivity index (χ1) is 8.40. The number of carboxylic acids is 2. The Labute approximate surface area is 100 Å². The van der Waals surface area contributed by atoms with Crippen LogP contribution in [-0.4, -0.2) is 33.2 Å². The lowest BCUT2D eigenvalue weighted by Crippen LogP contribution is -2.14. The first-order valence-corrected chi connectivity index (χ1v) is 4.94. The second-order valence-corrected chi connectivity index (χ2v) is 3.78. The van der Waals surface area contributed by atoms with E-state index < -0.39 is 36.0 Å². The van der Waals surface area contributed by atoms with Crippen LogP contribution in [0.15, 0.2) is 12.1 Å². The number of benzene rings is 1. The molecule has 1 aromatic carbocycles. The summed E-state index contributed by atoms with van der Waals surface area (Å²) in [5.74, 6) is -4.99. The molecule has 94 valence electrons. The smallest absolute Gasteiger partial charge is 0.335 e. The normalized spacial score (nSPS) is 17.1. The monoisotopic (exact) mass is 252 g/mol. The molecule has 1 aliphatic rings. The van der Waals surface area contributed by atoms with E-state index in [9.17, 15) is 19.5 Å². The Kier molecular flexibility index (Phi) is 2.66. The predicted octanol–water partition coefficient (Wildman–Crippen LogP) is 0.568. The molecule has 0 aromatic heterocycles. The van der Waals surface area contributed by atoms with E-state index in [0.29, 0.717) is 0 Å². The van der Waals surface area contributed by atoms with Gasteiger partial charge >= 0.3 is 17.9 Å². The summed E-state index contributed by atoms with van der Waals surface area (Å²) in [6.07, 6.45) is -0.522. The van der Waals surface area contributed by atoms with Gasteiger partial charge in [-0.3, -0.25) is 9.59 Å².